The Bertz CT molecular complexity index is 181. The second kappa shape index (κ2) is 3.37. The minimum absolute atomic E-state index is 0.154. The van der Waals surface area contributed by atoms with Crippen LogP contribution in [0, 0.1) is 6.07 Å². The first-order valence-corrected chi connectivity index (χ1v) is 3.56. The van der Waals surface area contributed by atoms with E-state index in [-0.39, 0.29) is 6.04 Å². The van der Waals surface area contributed by atoms with Crippen LogP contribution in [0.5, 0.6) is 0 Å². The van der Waals surface area contributed by atoms with E-state index in [1.807, 2.05) is 24.3 Å². The first-order chi connectivity index (χ1) is 4.84. The number of benzene rings is 1. The molecule has 0 aromatic heterocycles. The molecule has 1 aromatic carbocycles. The SMILES string of the molecule is CCC(N)c1[c]cccc1. The third-order valence-electron chi connectivity index (χ3n) is 1.57. The van der Waals surface area contributed by atoms with Gasteiger partial charge in [0.1, 0.15) is 0 Å². The van der Waals surface area contributed by atoms with Crippen molar-refractivity contribution in [1.29, 1.82) is 0 Å². The van der Waals surface area contributed by atoms with Gasteiger partial charge in [-0.05, 0) is 18.1 Å². The molecular formula is C9H12N. The van der Waals surface area contributed by atoms with Gasteiger partial charge >= 0.3 is 0 Å². The maximum absolute atomic E-state index is 5.76. The zero-order valence-electron chi connectivity index (χ0n) is 6.17. The molecule has 0 aliphatic rings. The summed E-state index contributed by atoms with van der Waals surface area (Å²) in [5.74, 6) is 0. The molecule has 0 bridgehead atoms. The Morgan fingerprint density at radius 2 is 2.40 bits per heavy atom. The third-order valence-corrected chi connectivity index (χ3v) is 1.57. The normalized spacial score (nSPS) is 13.0. The average molecular weight is 134 g/mol. The van der Waals surface area contributed by atoms with Gasteiger partial charge in [-0.1, -0.05) is 31.2 Å². The second-order valence-corrected chi connectivity index (χ2v) is 2.33. The van der Waals surface area contributed by atoms with Crippen molar-refractivity contribution in [3.8, 4) is 0 Å². The lowest BCUT2D eigenvalue weighted by Gasteiger charge is -2.06. The number of hydrogen-bond acceptors (Lipinski definition) is 1. The quantitative estimate of drug-likeness (QED) is 0.656. The van der Waals surface area contributed by atoms with Crippen molar-refractivity contribution in [2.75, 3.05) is 0 Å². The molecule has 1 radical (unpaired) electrons. The Morgan fingerprint density at radius 1 is 1.60 bits per heavy atom. The largest absolute Gasteiger partial charge is 0.324 e. The van der Waals surface area contributed by atoms with E-state index in [4.69, 9.17) is 5.73 Å². The van der Waals surface area contributed by atoms with Crippen LogP contribution in [0.15, 0.2) is 24.3 Å². The van der Waals surface area contributed by atoms with Gasteiger partial charge in [-0.2, -0.15) is 0 Å². The molecule has 1 heteroatoms. The van der Waals surface area contributed by atoms with Gasteiger partial charge in [0, 0.05) is 6.04 Å². The van der Waals surface area contributed by atoms with Crippen molar-refractivity contribution in [3.63, 3.8) is 0 Å². The highest BCUT2D eigenvalue weighted by Crippen LogP contribution is 2.10. The Hall–Kier alpha value is -0.820. The predicted molar refractivity (Wildman–Crippen MR) is 42.5 cm³/mol. The molecule has 1 unspecified atom stereocenters. The number of nitrogens with two attached hydrogens (primary N) is 1. The predicted octanol–water partition coefficient (Wildman–Crippen LogP) is 1.90. The van der Waals surface area contributed by atoms with Crippen LogP contribution in [0.4, 0.5) is 0 Å². The fraction of sp³-hybridized carbons (Fsp3) is 0.333. The van der Waals surface area contributed by atoms with Crippen LogP contribution in [0.2, 0.25) is 0 Å². The lowest BCUT2D eigenvalue weighted by molar-refractivity contribution is 0.698. The van der Waals surface area contributed by atoms with Crippen LogP contribution < -0.4 is 5.73 Å². The van der Waals surface area contributed by atoms with Crippen molar-refractivity contribution in [2.24, 2.45) is 5.73 Å². The summed E-state index contributed by atoms with van der Waals surface area (Å²) in [5, 5.41) is 0. The molecular weight excluding hydrogens is 122 g/mol. The van der Waals surface area contributed by atoms with Crippen LogP contribution in [0.25, 0.3) is 0 Å². The smallest absolute Gasteiger partial charge is 0.0298 e. The summed E-state index contributed by atoms with van der Waals surface area (Å²) in [6, 6.07) is 11.1. The maximum Gasteiger partial charge on any atom is 0.0298 e. The Morgan fingerprint density at radius 3 is 2.90 bits per heavy atom. The molecule has 0 fully saturated rings. The van der Waals surface area contributed by atoms with E-state index in [0.717, 1.165) is 12.0 Å². The Labute approximate surface area is 61.9 Å². The van der Waals surface area contributed by atoms with Crippen molar-refractivity contribution in [3.05, 3.63) is 35.9 Å². The van der Waals surface area contributed by atoms with Gasteiger partial charge < -0.3 is 5.73 Å². The monoisotopic (exact) mass is 134 g/mol. The van der Waals surface area contributed by atoms with E-state index < -0.39 is 0 Å². The van der Waals surface area contributed by atoms with E-state index in [1.54, 1.807) is 0 Å². The van der Waals surface area contributed by atoms with Crippen LogP contribution >= 0.6 is 0 Å². The third kappa shape index (κ3) is 1.58. The van der Waals surface area contributed by atoms with Gasteiger partial charge in [0.2, 0.25) is 0 Å². The molecule has 0 aliphatic heterocycles. The van der Waals surface area contributed by atoms with Crippen LogP contribution in [0.3, 0.4) is 0 Å². The molecule has 0 saturated carbocycles. The average Bonchev–Trinajstić information content (AvgIpc) is 2.05. The zero-order chi connectivity index (χ0) is 7.40. The first-order valence-electron chi connectivity index (χ1n) is 3.56. The molecule has 0 amide bonds. The Balaban J connectivity index is 2.75. The minimum Gasteiger partial charge on any atom is -0.324 e. The molecule has 0 heterocycles. The summed E-state index contributed by atoms with van der Waals surface area (Å²) < 4.78 is 0. The summed E-state index contributed by atoms with van der Waals surface area (Å²) >= 11 is 0. The molecule has 1 atom stereocenters. The van der Waals surface area contributed by atoms with Crippen molar-refractivity contribution in [1.82, 2.24) is 0 Å². The highest BCUT2D eigenvalue weighted by molar-refractivity contribution is 5.16. The molecule has 1 nitrogen and oxygen atoms in total. The summed E-state index contributed by atoms with van der Waals surface area (Å²) in [4.78, 5) is 0. The Kier molecular flexibility index (Phi) is 2.46. The van der Waals surface area contributed by atoms with Gasteiger partial charge in [0.15, 0.2) is 0 Å². The van der Waals surface area contributed by atoms with E-state index in [2.05, 4.69) is 13.0 Å². The maximum atomic E-state index is 5.76. The van der Waals surface area contributed by atoms with Crippen LogP contribution in [-0.4, -0.2) is 0 Å². The standard InChI is InChI=1S/C9H12N/c1-2-9(10)8-6-4-3-5-7-8/h3-6,9H,2,10H2,1H3. The van der Waals surface area contributed by atoms with Crippen molar-refractivity contribution < 1.29 is 0 Å². The summed E-state index contributed by atoms with van der Waals surface area (Å²) in [7, 11) is 0. The second-order valence-electron chi connectivity index (χ2n) is 2.33. The lowest BCUT2D eigenvalue weighted by Crippen LogP contribution is -2.07. The minimum atomic E-state index is 0.154. The fourth-order valence-electron chi connectivity index (χ4n) is 0.858. The fourth-order valence-corrected chi connectivity index (χ4v) is 0.858. The number of rotatable bonds is 2. The molecule has 0 saturated heterocycles. The van der Waals surface area contributed by atoms with E-state index >= 15 is 0 Å². The summed E-state index contributed by atoms with van der Waals surface area (Å²) in [5.41, 5.74) is 6.86. The van der Waals surface area contributed by atoms with E-state index in [0.29, 0.717) is 0 Å². The zero-order valence-corrected chi connectivity index (χ0v) is 6.17. The number of hydrogen-bond donors (Lipinski definition) is 1. The highest BCUT2D eigenvalue weighted by Gasteiger charge is 1.99. The van der Waals surface area contributed by atoms with Crippen molar-refractivity contribution in [2.45, 2.75) is 19.4 Å². The molecule has 0 aliphatic carbocycles. The molecule has 53 valence electrons. The van der Waals surface area contributed by atoms with Gasteiger partial charge in [-0.25, -0.2) is 0 Å². The molecule has 10 heavy (non-hydrogen) atoms. The first kappa shape index (κ1) is 7.29. The highest BCUT2D eigenvalue weighted by atomic mass is 14.6. The molecule has 1 rings (SSSR count). The summed E-state index contributed by atoms with van der Waals surface area (Å²) in [6.45, 7) is 2.07. The van der Waals surface area contributed by atoms with Crippen LogP contribution in [0.1, 0.15) is 24.9 Å². The summed E-state index contributed by atoms with van der Waals surface area (Å²) in [6.07, 6.45) is 0.973. The molecule has 2 N–H and O–H groups in total. The van der Waals surface area contributed by atoms with Crippen molar-refractivity contribution >= 4 is 0 Å². The van der Waals surface area contributed by atoms with Gasteiger partial charge in [0.25, 0.3) is 0 Å². The van der Waals surface area contributed by atoms with Gasteiger partial charge in [-0.15, -0.1) is 0 Å². The lowest BCUT2D eigenvalue weighted by atomic mass is 10.1. The van der Waals surface area contributed by atoms with E-state index in [1.165, 1.54) is 0 Å². The van der Waals surface area contributed by atoms with E-state index in [9.17, 15) is 0 Å². The molecule has 1 aromatic rings. The van der Waals surface area contributed by atoms with Gasteiger partial charge in [-0.3, -0.25) is 0 Å². The topological polar surface area (TPSA) is 26.0 Å². The van der Waals surface area contributed by atoms with Gasteiger partial charge in [0.05, 0.1) is 0 Å². The van der Waals surface area contributed by atoms with Crippen LogP contribution in [-0.2, 0) is 0 Å². The molecule has 0 spiro atoms.